The lowest BCUT2D eigenvalue weighted by Crippen LogP contribution is -2.59. The van der Waals surface area contributed by atoms with Crippen LogP contribution in [-0.2, 0) is 4.74 Å². The smallest absolute Gasteiger partial charge is 0.0645 e. The summed E-state index contributed by atoms with van der Waals surface area (Å²) >= 11 is 0. The van der Waals surface area contributed by atoms with Gasteiger partial charge in [-0.05, 0) is 0 Å². The van der Waals surface area contributed by atoms with Crippen molar-refractivity contribution in [3.8, 4) is 0 Å². The fourth-order valence-corrected chi connectivity index (χ4v) is 1.74. The van der Waals surface area contributed by atoms with Gasteiger partial charge in [0.1, 0.15) is 0 Å². The lowest BCUT2D eigenvalue weighted by Gasteiger charge is -2.42. The van der Waals surface area contributed by atoms with Gasteiger partial charge in [0, 0.05) is 25.7 Å². The maximum absolute atomic E-state index is 8.96. The molecule has 0 bridgehead atoms. The number of piperazine rings is 1. The SMILES string of the molecule is OC[C@H]1CN(C2COC2)CCN1. The molecule has 0 unspecified atom stereocenters. The van der Waals surface area contributed by atoms with Gasteiger partial charge in [-0.15, -0.1) is 0 Å². The lowest BCUT2D eigenvalue weighted by molar-refractivity contribution is -0.0740. The molecule has 2 heterocycles. The van der Waals surface area contributed by atoms with Gasteiger partial charge in [0.25, 0.3) is 0 Å². The van der Waals surface area contributed by atoms with Crippen LogP contribution in [0.2, 0.25) is 0 Å². The maximum Gasteiger partial charge on any atom is 0.0645 e. The molecule has 1 atom stereocenters. The molecule has 0 aromatic rings. The Morgan fingerprint density at radius 3 is 2.92 bits per heavy atom. The molecule has 2 rings (SSSR count). The number of hydrogen-bond donors (Lipinski definition) is 2. The van der Waals surface area contributed by atoms with Gasteiger partial charge in [-0.1, -0.05) is 0 Å². The van der Waals surface area contributed by atoms with Crippen molar-refractivity contribution in [2.24, 2.45) is 0 Å². The number of nitrogens with one attached hydrogen (secondary N) is 1. The highest BCUT2D eigenvalue weighted by atomic mass is 16.5. The van der Waals surface area contributed by atoms with Crippen LogP contribution in [0.25, 0.3) is 0 Å². The Kier molecular flexibility index (Phi) is 2.60. The first-order valence-electron chi connectivity index (χ1n) is 4.56. The third kappa shape index (κ3) is 1.61. The maximum atomic E-state index is 8.96. The zero-order valence-electron chi connectivity index (χ0n) is 7.20. The van der Waals surface area contributed by atoms with E-state index >= 15 is 0 Å². The summed E-state index contributed by atoms with van der Waals surface area (Å²) < 4.78 is 5.13. The number of nitrogens with zero attached hydrogens (tertiary/aromatic N) is 1. The van der Waals surface area contributed by atoms with Crippen LogP contribution in [0.3, 0.4) is 0 Å². The molecule has 0 saturated carbocycles. The second kappa shape index (κ2) is 3.70. The number of aliphatic hydroxyl groups excluding tert-OH is 1. The average Bonchev–Trinajstić information content (AvgIpc) is 2.02. The van der Waals surface area contributed by atoms with Gasteiger partial charge in [-0.3, -0.25) is 4.90 Å². The summed E-state index contributed by atoms with van der Waals surface area (Å²) in [6.07, 6.45) is 0. The Hall–Kier alpha value is -0.160. The molecule has 12 heavy (non-hydrogen) atoms. The van der Waals surface area contributed by atoms with Crippen molar-refractivity contribution in [1.29, 1.82) is 0 Å². The van der Waals surface area contributed by atoms with Crippen molar-refractivity contribution in [2.75, 3.05) is 39.5 Å². The topological polar surface area (TPSA) is 44.7 Å². The fourth-order valence-electron chi connectivity index (χ4n) is 1.74. The van der Waals surface area contributed by atoms with E-state index in [-0.39, 0.29) is 12.6 Å². The van der Waals surface area contributed by atoms with Crippen molar-refractivity contribution < 1.29 is 9.84 Å². The molecule has 0 aromatic heterocycles. The molecule has 0 amide bonds. The Bertz CT molecular complexity index is 150. The van der Waals surface area contributed by atoms with E-state index in [1.54, 1.807) is 0 Å². The average molecular weight is 172 g/mol. The van der Waals surface area contributed by atoms with E-state index in [0.717, 1.165) is 32.8 Å². The summed E-state index contributed by atoms with van der Waals surface area (Å²) in [6, 6.07) is 0.875. The van der Waals surface area contributed by atoms with Crippen LogP contribution in [-0.4, -0.2) is 61.5 Å². The molecule has 70 valence electrons. The summed E-state index contributed by atoms with van der Waals surface area (Å²) in [7, 11) is 0. The van der Waals surface area contributed by atoms with Gasteiger partial charge in [0.15, 0.2) is 0 Å². The van der Waals surface area contributed by atoms with Crippen molar-refractivity contribution in [2.45, 2.75) is 12.1 Å². The summed E-state index contributed by atoms with van der Waals surface area (Å²) in [6.45, 7) is 5.02. The van der Waals surface area contributed by atoms with E-state index in [1.807, 2.05) is 0 Å². The van der Waals surface area contributed by atoms with Crippen molar-refractivity contribution in [3.05, 3.63) is 0 Å². The van der Waals surface area contributed by atoms with Gasteiger partial charge in [0.2, 0.25) is 0 Å². The third-order valence-corrected chi connectivity index (χ3v) is 2.64. The Morgan fingerprint density at radius 2 is 2.33 bits per heavy atom. The highest BCUT2D eigenvalue weighted by molar-refractivity contribution is 4.85. The van der Waals surface area contributed by atoms with E-state index in [9.17, 15) is 0 Å². The van der Waals surface area contributed by atoms with Crippen LogP contribution in [0.1, 0.15) is 0 Å². The van der Waals surface area contributed by atoms with Crippen LogP contribution in [0.4, 0.5) is 0 Å². The molecule has 2 aliphatic heterocycles. The monoisotopic (exact) mass is 172 g/mol. The number of rotatable bonds is 2. The molecular weight excluding hydrogens is 156 g/mol. The second-order valence-corrected chi connectivity index (χ2v) is 3.52. The predicted molar refractivity (Wildman–Crippen MR) is 45.1 cm³/mol. The molecule has 0 radical (unpaired) electrons. The summed E-state index contributed by atoms with van der Waals surface area (Å²) in [4.78, 5) is 2.40. The minimum atomic E-state index is 0.240. The molecule has 0 spiro atoms. The third-order valence-electron chi connectivity index (χ3n) is 2.64. The number of hydrogen-bond acceptors (Lipinski definition) is 4. The zero-order valence-corrected chi connectivity index (χ0v) is 7.20. The molecular formula is C8H16N2O2. The zero-order chi connectivity index (χ0) is 8.39. The van der Waals surface area contributed by atoms with Crippen LogP contribution in [0, 0.1) is 0 Å². The van der Waals surface area contributed by atoms with Crippen molar-refractivity contribution in [3.63, 3.8) is 0 Å². The molecule has 2 aliphatic rings. The minimum Gasteiger partial charge on any atom is -0.395 e. The highest BCUT2D eigenvalue weighted by Crippen LogP contribution is 2.12. The Morgan fingerprint density at radius 1 is 1.50 bits per heavy atom. The first-order chi connectivity index (χ1) is 5.90. The standard InChI is InChI=1S/C8H16N2O2/c11-4-7-3-10(2-1-9-7)8-5-12-6-8/h7-9,11H,1-6H2/t7-/m1/s1. The summed E-state index contributed by atoms with van der Waals surface area (Å²) in [5, 5.41) is 12.2. The second-order valence-electron chi connectivity index (χ2n) is 3.52. The summed E-state index contributed by atoms with van der Waals surface area (Å²) in [5.74, 6) is 0. The van der Waals surface area contributed by atoms with Crippen molar-refractivity contribution in [1.82, 2.24) is 10.2 Å². The number of aliphatic hydroxyl groups is 1. The fraction of sp³-hybridized carbons (Fsp3) is 1.00. The first-order valence-corrected chi connectivity index (χ1v) is 4.56. The highest BCUT2D eigenvalue weighted by Gasteiger charge is 2.29. The van der Waals surface area contributed by atoms with Gasteiger partial charge in [-0.2, -0.15) is 0 Å². The number of ether oxygens (including phenoxy) is 1. The normalized spacial score (nSPS) is 33.2. The molecule has 4 heteroatoms. The van der Waals surface area contributed by atoms with Crippen LogP contribution in [0.5, 0.6) is 0 Å². The molecule has 2 saturated heterocycles. The molecule has 0 aliphatic carbocycles. The quantitative estimate of drug-likeness (QED) is 0.540. The molecule has 2 fully saturated rings. The summed E-state index contributed by atoms with van der Waals surface area (Å²) in [5.41, 5.74) is 0. The molecule has 0 aromatic carbocycles. The van der Waals surface area contributed by atoms with Crippen molar-refractivity contribution >= 4 is 0 Å². The van der Waals surface area contributed by atoms with E-state index in [0.29, 0.717) is 6.04 Å². The van der Waals surface area contributed by atoms with Gasteiger partial charge < -0.3 is 15.2 Å². The van der Waals surface area contributed by atoms with E-state index in [1.165, 1.54) is 0 Å². The van der Waals surface area contributed by atoms with Crippen LogP contribution < -0.4 is 5.32 Å². The van der Waals surface area contributed by atoms with Gasteiger partial charge in [0.05, 0.1) is 25.9 Å². The van der Waals surface area contributed by atoms with E-state index in [2.05, 4.69) is 10.2 Å². The Labute approximate surface area is 72.5 Å². The van der Waals surface area contributed by atoms with E-state index < -0.39 is 0 Å². The van der Waals surface area contributed by atoms with Crippen LogP contribution in [0.15, 0.2) is 0 Å². The lowest BCUT2D eigenvalue weighted by atomic mass is 10.1. The Balaban J connectivity index is 1.81. The minimum absolute atomic E-state index is 0.240. The molecule has 2 N–H and O–H groups in total. The van der Waals surface area contributed by atoms with Gasteiger partial charge in [-0.25, -0.2) is 0 Å². The predicted octanol–water partition coefficient (Wildman–Crippen LogP) is -1.35. The first kappa shape index (κ1) is 8.44. The van der Waals surface area contributed by atoms with Crippen LogP contribution >= 0.6 is 0 Å². The van der Waals surface area contributed by atoms with E-state index in [4.69, 9.17) is 9.84 Å². The molecule has 4 nitrogen and oxygen atoms in total. The largest absolute Gasteiger partial charge is 0.395 e. The van der Waals surface area contributed by atoms with Gasteiger partial charge >= 0.3 is 0 Å².